The Bertz CT molecular complexity index is 847. The fourth-order valence-corrected chi connectivity index (χ4v) is 3.18. The summed E-state index contributed by atoms with van der Waals surface area (Å²) in [4.78, 5) is 12.7. The normalized spacial score (nSPS) is 10.8. The predicted octanol–water partition coefficient (Wildman–Crippen LogP) is 4.53. The van der Waals surface area contributed by atoms with Crippen LogP contribution in [0.5, 0.6) is 0 Å². The first kappa shape index (κ1) is 13.9. The molecule has 0 unspecified atom stereocenters. The van der Waals surface area contributed by atoms with Crippen LogP contribution in [0.2, 0.25) is 5.02 Å². The van der Waals surface area contributed by atoms with Crippen LogP contribution in [0.25, 0.3) is 10.1 Å². The Morgan fingerprint density at radius 2 is 2.00 bits per heavy atom. The van der Waals surface area contributed by atoms with E-state index in [4.69, 9.17) is 17.3 Å². The van der Waals surface area contributed by atoms with Gasteiger partial charge in [-0.1, -0.05) is 23.7 Å². The van der Waals surface area contributed by atoms with Crippen molar-refractivity contribution in [2.24, 2.45) is 0 Å². The van der Waals surface area contributed by atoms with Crippen molar-refractivity contribution in [2.45, 2.75) is 0 Å². The third-order valence-corrected chi connectivity index (χ3v) is 4.53. The number of anilines is 2. The van der Waals surface area contributed by atoms with Gasteiger partial charge < -0.3 is 11.1 Å². The largest absolute Gasteiger partial charge is 0.397 e. The number of halogens is 2. The molecule has 3 aromatic rings. The quantitative estimate of drug-likeness (QED) is 0.729. The molecule has 0 aliphatic rings. The fourth-order valence-electron chi connectivity index (χ4n) is 2.00. The highest BCUT2D eigenvalue weighted by Crippen LogP contribution is 2.34. The Kier molecular flexibility index (Phi) is 3.53. The molecule has 1 heterocycles. The highest BCUT2D eigenvalue weighted by Gasteiger charge is 2.17. The maximum Gasteiger partial charge on any atom is 0.267 e. The first-order valence-electron chi connectivity index (χ1n) is 6.09. The Balaban J connectivity index is 1.99. The zero-order valence-electron chi connectivity index (χ0n) is 10.7. The number of carbonyl (C=O) groups is 1. The highest BCUT2D eigenvalue weighted by molar-refractivity contribution is 7.21. The molecule has 3 nitrogen and oxygen atoms in total. The summed E-state index contributed by atoms with van der Waals surface area (Å²) in [5, 5.41) is 3.70. The van der Waals surface area contributed by atoms with Gasteiger partial charge in [-0.05, 0) is 30.3 Å². The molecule has 106 valence electrons. The third-order valence-electron chi connectivity index (χ3n) is 3.02. The van der Waals surface area contributed by atoms with E-state index >= 15 is 0 Å². The van der Waals surface area contributed by atoms with E-state index in [1.165, 1.54) is 23.5 Å². The van der Waals surface area contributed by atoms with Gasteiger partial charge in [-0.25, -0.2) is 4.39 Å². The van der Waals surface area contributed by atoms with Gasteiger partial charge in [0.05, 0.1) is 16.4 Å². The molecule has 0 radical (unpaired) electrons. The monoisotopic (exact) mass is 320 g/mol. The van der Waals surface area contributed by atoms with Crippen LogP contribution in [0, 0.1) is 5.82 Å². The summed E-state index contributed by atoms with van der Waals surface area (Å²) < 4.78 is 14.0. The molecule has 2 aromatic carbocycles. The van der Waals surface area contributed by atoms with Gasteiger partial charge in [0.15, 0.2) is 0 Å². The number of amides is 1. The molecule has 21 heavy (non-hydrogen) atoms. The van der Waals surface area contributed by atoms with E-state index in [9.17, 15) is 9.18 Å². The van der Waals surface area contributed by atoms with Crippen LogP contribution in [-0.4, -0.2) is 5.91 Å². The van der Waals surface area contributed by atoms with Gasteiger partial charge in [-0.15, -0.1) is 11.3 Å². The van der Waals surface area contributed by atoms with Crippen LogP contribution in [0.4, 0.5) is 15.8 Å². The maximum absolute atomic E-state index is 13.3. The first-order valence-corrected chi connectivity index (χ1v) is 7.29. The summed E-state index contributed by atoms with van der Waals surface area (Å²) in [5.41, 5.74) is 6.73. The second-order valence-electron chi connectivity index (χ2n) is 4.42. The van der Waals surface area contributed by atoms with Crippen LogP contribution < -0.4 is 11.1 Å². The van der Waals surface area contributed by atoms with Crippen LogP contribution in [0.3, 0.4) is 0 Å². The number of rotatable bonds is 2. The Morgan fingerprint density at radius 3 is 2.76 bits per heavy atom. The molecule has 0 aliphatic carbocycles. The first-order chi connectivity index (χ1) is 10.1. The second kappa shape index (κ2) is 5.35. The lowest BCUT2D eigenvalue weighted by molar-refractivity contribution is 0.103. The minimum Gasteiger partial charge on any atom is -0.397 e. The van der Waals surface area contributed by atoms with Gasteiger partial charge in [-0.3, -0.25) is 4.79 Å². The third kappa shape index (κ3) is 2.57. The molecular formula is C15H10ClFN2OS. The molecule has 0 aliphatic heterocycles. The van der Waals surface area contributed by atoms with E-state index in [1.54, 1.807) is 30.3 Å². The number of nitrogens with one attached hydrogen (secondary N) is 1. The topological polar surface area (TPSA) is 55.1 Å². The van der Waals surface area contributed by atoms with Gasteiger partial charge in [0.1, 0.15) is 10.7 Å². The molecule has 1 aromatic heterocycles. The summed E-state index contributed by atoms with van der Waals surface area (Å²) in [7, 11) is 0. The highest BCUT2D eigenvalue weighted by atomic mass is 35.5. The van der Waals surface area contributed by atoms with Crippen molar-refractivity contribution in [3.05, 3.63) is 58.2 Å². The summed E-state index contributed by atoms with van der Waals surface area (Å²) in [6, 6.07) is 11.2. The van der Waals surface area contributed by atoms with E-state index in [-0.39, 0.29) is 17.4 Å². The zero-order valence-corrected chi connectivity index (χ0v) is 12.3. The summed E-state index contributed by atoms with van der Waals surface area (Å²) in [5.74, 6) is -0.743. The Morgan fingerprint density at radius 1 is 1.24 bits per heavy atom. The second-order valence-corrected chi connectivity index (χ2v) is 5.88. The number of carbonyl (C=O) groups excluding carboxylic acids is 1. The minimum atomic E-state index is -0.384. The lowest BCUT2D eigenvalue weighted by Crippen LogP contribution is -2.12. The van der Waals surface area contributed by atoms with Crippen molar-refractivity contribution < 1.29 is 9.18 Å². The van der Waals surface area contributed by atoms with Crippen molar-refractivity contribution in [2.75, 3.05) is 11.1 Å². The lowest BCUT2D eigenvalue weighted by Gasteiger charge is -2.06. The van der Waals surface area contributed by atoms with Crippen molar-refractivity contribution in [1.82, 2.24) is 0 Å². The number of benzene rings is 2. The molecule has 0 fully saturated rings. The van der Waals surface area contributed by atoms with Crippen LogP contribution in [0.1, 0.15) is 9.67 Å². The number of thiophene rings is 1. The van der Waals surface area contributed by atoms with E-state index in [1.807, 2.05) is 0 Å². The SMILES string of the molecule is Nc1c(C(=O)Nc2ccccc2Cl)sc2ccc(F)cc12. The molecule has 0 atom stereocenters. The van der Waals surface area contributed by atoms with Crippen molar-refractivity contribution in [3.63, 3.8) is 0 Å². The van der Waals surface area contributed by atoms with Crippen molar-refractivity contribution >= 4 is 50.3 Å². The smallest absolute Gasteiger partial charge is 0.267 e. The molecule has 0 saturated heterocycles. The number of hydrogen-bond acceptors (Lipinski definition) is 3. The van der Waals surface area contributed by atoms with Crippen LogP contribution in [0.15, 0.2) is 42.5 Å². The number of nitrogen functional groups attached to an aromatic ring is 1. The number of para-hydroxylation sites is 1. The fraction of sp³-hybridized carbons (Fsp3) is 0. The molecule has 6 heteroatoms. The van der Waals surface area contributed by atoms with Gasteiger partial charge in [-0.2, -0.15) is 0 Å². The van der Waals surface area contributed by atoms with Gasteiger partial charge in [0, 0.05) is 10.1 Å². The number of fused-ring (bicyclic) bond motifs is 1. The molecular weight excluding hydrogens is 311 g/mol. The predicted molar refractivity (Wildman–Crippen MR) is 85.6 cm³/mol. The van der Waals surface area contributed by atoms with Gasteiger partial charge in [0.2, 0.25) is 0 Å². The molecule has 0 spiro atoms. The molecule has 1 amide bonds. The van der Waals surface area contributed by atoms with Crippen LogP contribution >= 0.6 is 22.9 Å². The number of nitrogens with two attached hydrogens (primary N) is 1. The lowest BCUT2D eigenvalue weighted by atomic mass is 10.2. The van der Waals surface area contributed by atoms with Crippen molar-refractivity contribution in [1.29, 1.82) is 0 Å². The average molecular weight is 321 g/mol. The minimum absolute atomic E-state index is 0.277. The molecule has 3 N–H and O–H groups in total. The molecule has 3 rings (SSSR count). The standard InChI is InChI=1S/C15H10ClFN2OS/c16-10-3-1-2-4-11(10)19-15(20)14-13(18)9-7-8(17)5-6-12(9)21-14/h1-7H,18H2,(H,19,20). The van der Waals surface area contributed by atoms with Gasteiger partial charge >= 0.3 is 0 Å². The Labute approximate surface area is 129 Å². The Hall–Kier alpha value is -2.11. The number of hydrogen-bond donors (Lipinski definition) is 2. The van der Waals surface area contributed by atoms with E-state index in [2.05, 4.69) is 5.32 Å². The van der Waals surface area contributed by atoms with E-state index in [0.717, 1.165) is 4.70 Å². The molecule has 0 saturated carbocycles. The van der Waals surface area contributed by atoms with Gasteiger partial charge in [0.25, 0.3) is 5.91 Å². The average Bonchev–Trinajstić information content (AvgIpc) is 2.79. The van der Waals surface area contributed by atoms with Crippen LogP contribution in [-0.2, 0) is 0 Å². The van der Waals surface area contributed by atoms with E-state index in [0.29, 0.717) is 21.0 Å². The zero-order chi connectivity index (χ0) is 15.0. The maximum atomic E-state index is 13.3. The van der Waals surface area contributed by atoms with E-state index < -0.39 is 0 Å². The summed E-state index contributed by atoms with van der Waals surface area (Å²) in [6.45, 7) is 0. The summed E-state index contributed by atoms with van der Waals surface area (Å²) >= 11 is 7.22. The summed E-state index contributed by atoms with van der Waals surface area (Å²) in [6.07, 6.45) is 0. The molecule has 0 bridgehead atoms. The van der Waals surface area contributed by atoms with Crippen molar-refractivity contribution in [3.8, 4) is 0 Å².